The molecule has 0 aliphatic carbocycles. The predicted octanol–water partition coefficient (Wildman–Crippen LogP) is 4.18. The van der Waals surface area contributed by atoms with Gasteiger partial charge in [-0.1, -0.05) is 33.8 Å². The number of aromatic nitrogens is 3. The standard InChI is InChI=1S/C27H31FN6O3/c1-14(2)23-25(24(15(3)4)31-13-30-23)33-26-22-20(37-12-16-11-29-8-9-34(16)27(22)36)10-18(32-26)21-17(28)6-5-7-19(21)35/h5-7,10,13-16,29,35H,8-9,11-12H2,1-4H3,(H,32,33). The molecule has 1 amide bonds. The van der Waals surface area contributed by atoms with Crippen molar-refractivity contribution in [1.82, 2.24) is 25.2 Å². The summed E-state index contributed by atoms with van der Waals surface area (Å²) in [6.07, 6.45) is 1.54. The van der Waals surface area contributed by atoms with Crippen molar-refractivity contribution in [2.24, 2.45) is 0 Å². The normalized spacial score (nSPS) is 17.3. The summed E-state index contributed by atoms with van der Waals surface area (Å²) in [5, 5.41) is 17.1. The number of rotatable bonds is 5. The average Bonchev–Trinajstić information content (AvgIpc) is 3.00. The maximum absolute atomic E-state index is 14.9. The van der Waals surface area contributed by atoms with Crippen molar-refractivity contribution < 1.29 is 19.0 Å². The van der Waals surface area contributed by atoms with Crippen LogP contribution in [0.3, 0.4) is 0 Å². The lowest BCUT2D eigenvalue weighted by Gasteiger charge is -2.34. The zero-order valence-electron chi connectivity index (χ0n) is 21.4. The summed E-state index contributed by atoms with van der Waals surface area (Å²) >= 11 is 0. The molecule has 2 aromatic heterocycles. The smallest absolute Gasteiger partial charge is 0.261 e. The summed E-state index contributed by atoms with van der Waals surface area (Å²) in [5.74, 6) is -0.494. The molecular weight excluding hydrogens is 475 g/mol. The highest BCUT2D eigenvalue weighted by atomic mass is 19.1. The fourth-order valence-electron chi connectivity index (χ4n) is 4.87. The third-order valence-electron chi connectivity index (χ3n) is 6.73. The van der Waals surface area contributed by atoms with Crippen LogP contribution in [-0.4, -0.2) is 63.1 Å². The van der Waals surface area contributed by atoms with Crippen LogP contribution in [0.15, 0.2) is 30.6 Å². The zero-order chi connectivity index (χ0) is 26.3. The number of hydrogen-bond acceptors (Lipinski definition) is 8. The summed E-state index contributed by atoms with van der Waals surface area (Å²) in [5.41, 5.74) is 2.55. The SMILES string of the molecule is CC(C)c1ncnc(C(C)C)c1Nc1nc(-c2c(O)cccc2F)cc2c1C(=O)N1CCNCC1CO2. The first-order chi connectivity index (χ1) is 17.8. The monoisotopic (exact) mass is 506 g/mol. The summed E-state index contributed by atoms with van der Waals surface area (Å²) in [6, 6.07) is 5.45. The fourth-order valence-corrected chi connectivity index (χ4v) is 4.87. The van der Waals surface area contributed by atoms with Crippen LogP contribution in [0.5, 0.6) is 11.5 Å². The maximum atomic E-state index is 14.9. The summed E-state index contributed by atoms with van der Waals surface area (Å²) in [6.45, 7) is 10.2. The van der Waals surface area contributed by atoms with Crippen molar-refractivity contribution in [3.8, 4) is 22.8 Å². The first-order valence-corrected chi connectivity index (χ1v) is 12.6. The van der Waals surface area contributed by atoms with E-state index >= 15 is 0 Å². The number of carbonyl (C=O) groups excluding carboxylic acids is 1. The van der Waals surface area contributed by atoms with Gasteiger partial charge in [0.1, 0.15) is 41.6 Å². The number of nitrogens with zero attached hydrogens (tertiary/aromatic N) is 4. The van der Waals surface area contributed by atoms with Gasteiger partial charge in [0.2, 0.25) is 0 Å². The number of carbonyl (C=O) groups is 1. The van der Waals surface area contributed by atoms with Gasteiger partial charge in [0.05, 0.1) is 34.4 Å². The molecule has 3 N–H and O–H groups in total. The van der Waals surface area contributed by atoms with E-state index in [1.54, 1.807) is 4.90 Å². The Balaban J connectivity index is 1.74. The van der Waals surface area contributed by atoms with Crippen LogP contribution in [0.25, 0.3) is 11.3 Å². The van der Waals surface area contributed by atoms with E-state index in [4.69, 9.17) is 9.72 Å². The minimum Gasteiger partial charge on any atom is -0.507 e. The highest BCUT2D eigenvalue weighted by molar-refractivity contribution is 6.03. The number of hydrogen-bond donors (Lipinski definition) is 3. The summed E-state index contributed by atoms with van der Waals surface area (Å²) in [4.78, 5) is 29.4. The molecule has 5 rings (SSSR count). The van der Waals surface area contributed by atoms with E-state index in [-0.39, 0.29) is 64.5 Å². The van der Waals surface area contributed by atoms with E-state index < -0.39 is 5.82 Å². The number of nitrogens with one attached hydrogen (secondary N) is 2. The van der Waals surface area contributed by atoms with Crippen molar-refractivity contribution in [2.45, 2.75) is 45.6 Å². The lowest BCUT2D eigenvalue weighted by molar-refractivity contribution is 0.0607. The number of aromatic hydroxyl groups is 1. The van der Waals surface area contributed by atoms with Gasteiger partial charge in [-0.2, -0.15) is 0 Å². The first kappa shape index (κ1) is 24.9. The molecule has 0 bridgehead atoms. The van der Waals surface area contributed by atoms with Gasteiger partial charge in [-0.15, -0.1) is 0 Å². The molecule has 0 radical (unpaired) electrons. The predicted molar refractivity (Wildman–Crippen MR) is 138 cm³/mol. The third-order valence-corrected chi connectivity index (χ3v) is 6.73. The molecule has 37 heavy (non-hydrogen) atoms. The molecule has 1 aromatic carbocycles. The minimum absolute atomic E-state index is 0.0601. The van der Waals surface area contributed by atoms with Gasteiger partial charge in [0, 0.05) is 25.7 Å². The van der Waals surface area contributed by atoms with Crippen molar-refractivity contribution >= 4 is 17.4 Å². The Hall–Kier alpha value is -3.79. The Morgan fingerprint density at radius 2 is 1.89 bits per heavy atom. The molecule has 2 aliphatic heterocycles. The number of halogens is 1. The Morgan fingerprint density at radius 1 is 1.16 bits per heavy atom. The van der Waals surface area contributed by atoms with Gasteiger partial charge in [0.25, 0.3) is 5.91 Å². The number of piperazine rings is 1. The van der Waals surface area contributed by atoms with Crippen molar-refractivity contribution in [3.63, 3.8) is 0 Å². The van der Waals surface area contributed by atoms with Gasteiger partial charge in [-0.25, -0.2) is 19.3 Å². The largest absolute Gasteiger partial charge is 0.507 e. The molecule has 1 unspecified atom stereocenters. The van der Waals surface area contributed by atoms with Crippen LogP contribution in [0.4, 0.5) is 15.9 Å². The molecule has 1 fully saturated rings. The molecule has 4 heterocycles. The number of phenolic OH excluding ortho intramolecular Hbond substituents is 1. The van der Waals surface area contributed by atoms with Crippen molar-refractivity contribution in [1.29, 1.82) is 0 Å². The Kier molecular flexibility index (Phi) is 6.68. The van der Waals surface area contributed by atoms with Gasteiger partial charge >= 0.3 is 0 Å². The second-order valence-electron chi connectivity index (χ2n) is 9.98. The van der Waals surface area contributed by atoms with Crippen molar-refractivity contribution in [2.75, 3.05) is 31.6 Å². The number of anilines is 2. The number of ether oxygens (including phenoxy) is 1. The molecule has 1 atom stereocenters. The lowest BCUT2D eigenvalue weighted by atomic mass is 10.0. The van der Waals surface area contributed by atoms with E-state index in [0.29, 0.717) is 25.3 Å². The zero-order valence-corrected chi connectivity index (χ0v) is 21.4. The third kappa shape index (κ3) is 4.57. The van der Waals surface area contributed by atoms with E-state index in [0.717, 1.165) is 11.4 Å². The average molecular weight is 507 g/mol. The molecule has 1 saturated heterocycles. The summed E-state index contributed by atoms with van der Waals surface area (Å²) < 4.78 is 21.0. The number of phenols is 1. The Morgan fingerprint density at radius 3 is 2.57 bits per heavy atom. The van der Waals surface area contributed by atoms with Crippen LogP contribution in [0.1, 0.15) is 61.3 Å². The maximum Gasteiger partial charge on any atom is 0.261 e. The van der Waals surface area contributed by atoms with Crippen LogP contribution in [0, 0.1) is 5.82 Å². The van der Waals surface area contributed by atoms with Crippen LogP contribution >= 0.6 is 0 Å². The molecule has 10 heteroatoms. The van der Waals surface area contributed by atoms with E-state index in [9.17, 15) is 14.3 Å². The lowest BCUT2D eigenvalue weighted by Crippen LogP contribution is -2.54. The molecule has 9 nitrogen and oxygen atoms in total. The number of amides is 1. The van der Waals surface area contributed by atoms with E-state index in [1.807, 2.05) is 27.7 Å². The molecular formula is C27H31FN6O3. The molecule has 3 aromatic rings. The fraction of sp³-hybridized carbons (Fsp3) is 0.407. The quantitative estimate of drug-likeness (QED) is 0.473. The minimum atomic E-state index is -0.631. The first-order valence-electron chi connectivity index (χ1n) is 12.6. The highest BCUT2D eigenvalue weighted by Gasteiger charge is 2.36. The number of pyridine rings is 1. The summed E-state index contributed by atoms with van der Waals surface area (Å²) in [7, 11) is 0. The second kappa shape index (κ2) is 9.93. The van der Waals surface area contributed by atoms with E-state index in [1.165, 1.54) is 30.6 Å². The highest BCUT2D eigenvalue weighted by Crippen LogP contribution is 2.40. The molecule has 0 saturated carbocycles. The van der Waals surface area contributed by atoms with Crippen LogP contribution in [0.2, 0.25) is 0 Å². The van der Waals surface area contributed by atoms with Gasteiger partial charge in [-0.05, 0) is 24.0 Å². The second-order valence-corrected chi connectivity index (χ2v) is 9.98. The van der Waals surface area contributed by atoms with Gasteiger partial charge < -0.3 is 25.4 Å². The Bertz CT molecular complexity index is 1300. The topological polar surface area (TPSA) is 112 Å². The Labute approximate surface area is 215 Å². The van der Waals surface area contributed by atoms with Crippen molar-refractivity contribution in [3.05, 3.63) is 53.4 Å². The van der Waals surface area contributed by atoms with Gasteiger partial charge in [0.15, 0.2) is 0 Å². The molecule has 2 aliphatic rings. The van der Waals surface area contributed by atoms with E-state index in [2.05, 4.69) is 20.6 Å². The number of benzene rings is 1. The van der Waals surface area contributed by atoms with Gasteiger partial charge in [-0.3, -0.25) is 4.79 Å². The van der Waals surface area contributed by atoms with Crippen LogP contribution in [-0.2, 0) is 0 Å². The molecule has 194 valence electrons. The van der Waals surface area contributed by atoms with Crippen LogP contribution < -0.4 is 15.4 Å². The number of fused-ring (bicyclic) bond motifs is 2. The molecule has 0 spiro atoms.